The molecule has 3 amide bonds. The van der Waals surface area contributed by atoms with Crippen LogP contribution in [-0.4, -0.2) is 56.8 Å². The molecule has 0 radical (unpaired) electrons. The third kappa shape index (κ3) is 16.8. The second-order valence-electron chi connectivity index (χ2n) is 11.5. The van der Waals surface area contributed by atoms with Crippen molar-refractivity contribution in [2.45, 2.75) is 15.3 Å². The van der Waals surface area contributed by atoms with Crippen LogP contribution in [0.3, 0.4) is 0 Å². The van der Waals surface area contributed by atoms with Crippen LogP contribution >= 0.6 is 68.0 Å². The fourth-order valence-corrected chi connectivity index (χ4v) is 6.02. The van der Waals surface area contributed by atoms with Crippen LogP contribution in [0.2, 0.25) is 10.0 Å². The van der Waals surface area contributed by atoms with Gasteiger partial charge in [-0.15, -0.1) is 32.1 Å². The van der Waals surface area contributed by atoms with Crippen LogP contribution in [0.25, 0.3) is 5.69 Å². The molecule has 0 bridgehead atoms. The molecule has 1 aromatic heterocycles. The number of H-pyrrole nitrogens is 1. The number of ether oxygens (including phenoxy) is 2. The zero-order valence-electron chi connectivity index (χ0n) is 31.7. The highest BCUT2D eigenvalue weighted by molar-refractivity contribution is 8.49. The molecule has 5 rings (SSSR count). The molecule has 0 atom stereocenters. The molecule has 1 heterocycles. The van der Waals surface area contributed by atoms with Crippen molar-refractivity contribution in [2.24, 2.45) is 12.0 Å². The van der Waals surface area contributed by atoms with Crippen molar-refractivity contribution >= 4 is 91.2 Å². The van der Waals surface area contributed by atoms with Crippen LogP contribution in [0.15, 0.2) is 114 Å². The summed E-state index contributed by atoms with van der Waals surface area (Å²) < 4.78 is 103. The third-order valence-electron chi connectivity index (χ3n) is 6.85. The van der Waals surface area contributed by atoms with Crippen LogP contribution in [0.5, 0.6) is 23.0 Å². The summed E-state index contributed by atoms with van der Waals surface area (Å²) >= 11 is 21.1. The molecule has 4 aromatic carbocycles. The normalized spacial score (nSPS) is 11.8. The number of nitrogens with zero attached hydrogens (tertiary/aromatic N) is 3. The van der Waals surface area contributed by atoms with Crippen molar-refractivity contribution in [1.29, 1.82) is 0 Å². The van der Waals surface area contributed by atoms with E-state index in [-0.39, 0.29) is 50.1 Å². The summed E-state index contributed by atoms with van der Waals surface area (Å²) in [6.07, 6.45) is 2.05. The first-order valence-corrected chi connectivity index (χ1v) is 21.2. The van der Waals surface area contributed by atoms with Crippen molar-refractivity contribution in [3.63, 3.8) is 0 Å². The molecule has 5 aromatic rings. The van der Waals surface area contributed by atoms with E-state index in [0.717, 1.165) is 18.2 Å². The standard InChI is InChI=1S/C17H14ClF4N3O4S.C15H12ClF3N2O2S.C2ClNO2.CH3Cl/c1-24-15(26)23-16(27)25(17(24)28)10-3-8-14(13(18)9-10)29-11-4-6-12(7-5-11)30(2,19,20,21)22;1-20-14(22)21-9-2-7-13(12(16)8-9)23-10-3-5-11(6-4-10)24-15(17,18)19;3-2(6)4-1-5;1-2/h3-9H,1-2H3,(H,23,26,27);2-8H,1H3,(H2,20,21,22);;1H3. The van der Waals surface area contributed by atoms with E-state index in [1.54, 1.807) is 12.1 Å². The zero-order chi connectivity index (χ0) is 47.3. The number of rotatable bonds is 8. The molecule has 0 saturated heterocycles. The van der Waals surface area contributed by atoms with Gasteiger partial charge in [0, 0.05) is 31.1 Å². The first-order valence-electron chi connectivity index (χ1n) is 16.1. The summed E-state index contributed by atoms with van der Waals surface area (Å²) in [5.41, 5.74) is -6.61. The number of anilines is 1. The maximum absolute atomic E-state index is 13.4. The van der Waals surface area contributed by atoms with Crippen LogP contribution in [0, 0.1) is 0 Å². The van der Waals surface area contributed by atoms with E-state index in [1.165, 1.54) is 69.0 Å². The Hall–Kier alpha value is -5.42. The van der Waals surface area contributed by atoms with Gasteiger partial charge in [0.1, 0.15) is 23.0 Å². The fraction of sp³-hybridized carbons (Fsp3) is 0.143. The van der Waals surface area contributed by atoms with Gasteiger partial charge in [-0.2, -0.15) is 13.2 Å². The van der Waals surface area contributed by atoms with Crippen molar-refractivity contribution in [3.8, 4) is 28.7 Å². The van der Waals surface area contributed by atoms with E-state index in [9.17, 15) is 52.7 Å². The van der Waals surface area contributed by atoms with Crippen molar-refractivity contribution in [1.82, 2.24) is 19.4 Å². The summed E-state index contributed by atoms with van der Waals surface area (Å²) in [6.45, 7) is 0. The number of urea groups is 1. The van der Waals surface area contributed by atoms with Gasteiger partial charge in [-0.25, -0.2) is 33.1 Å². The van der Waals surface area contributed by atoms with Gasteiger partial charge in [-0.1, -0.05) is 23.2 Å². The van der Waals surface area contributed by atoms with E-state index in [4.69, 9.17) is 37.5 Å². The van der Waals surface area contributed by atoms with Crippen molar-refractivity contribution in [3.05, 3.63) is 126 Å². The molecule has 0 fully saturated rings. The van der Waals surface area contributed by atoms with E-state index in [1.807, 2.05) is 4.98 Å². The van der Waals surface area contributed by atoms with Gasteiger partial charge in [0.15, 0.2) is 9.84 Å². The topological polar surface area (TPSA) is 183 Å². The van der Waals surface area contributed by atoms with Gasteiger partial charge in [0.05, 0.1) is 26.9 Å². The monoisotopic (exact) mass is 998 g/mol. The molecular weight excluding hydrogens is 971 g/mol. The second-order valence-corrected chi connectivity index (χ2v) is 17.2. The number of aromatic amines is 1. The number of carbonyl (C=O) groups excluding carboxylic acids is 3. The molecular formula is C35H29Cl4F7N6O8S2. The lowest BCUT2D eigenvalue weighted by Crippen LogP contribution is -2.47. The highest BCUT2D eigenvalue weighted by atomic mass is 35.5. The fourth-order valence-electron chi connectivity index (χ4n) is 4.20. The van der Waals surface area contributed by atoms with Gasteiger partial charge in [0.2, 0.25) is 6.08 Å². The largest absolute Gasteiger partial charge is 0.456 e. The number of benzene rings is 4. The number of halogens is 11. The van der Waals surface area contributed by atoms with Crippen LogP contribution in [-0.2, 0) is 11.8 Å². The summed E-state index contributed by atoms with van der Waals surface area (Å²) in [4.78, 5) is 68.3. The number of thioether (sulfide) groups is 1. The molecule has 0 aliphatic rings. The molecule has 3 N–H and O–H groups in total. The molecule has 336 valence electrons. The Morgan fingerprint density at radius 3 is 1.74 bits per heavy atom. The molecule has 0 saturated carbocycles. The lowest BCUT2D eigenvalue weighted by atomic mass is 10.3. The Bertz CT molecular complexity index is 2630. The summed E-state index contributed by atoms with van der Waals surface area (Å²) in [7, 11) is -5.65. The lowest BCUT2D eigenvalue weighted by Gasteiger charge is -2.46. The number of aliphatic imine (C=N–C) groups is 1. The Balaban J connectivity index is 0.000000370. The Morgan fingerprint density at radius 1 is 0.823 bits per heavy atom. The highest BCUT2D eigenvalue weighted by Crippen LogP contribution is 2.98. The lowest BCUT2D eigenvalue weighted by molar-refractivity contribution is -0.0328. The summed E-state index contributed by atoms with van der Waals surface area (Å²) in [5.74, 6) is 0.615. The molecule has 0 aliphatic heterocycles. The maximum Gasteiger partial charge on any atom is 0.446 e. The molecule has 14 nitrogen and oxygen atoms in total. The van der Waals surface area contributed by atoms with Gasteiger partial charge in [-0.3, -0.25) is 9.78 Å². The highest BCUT2D eigenvalue weighted by Gasteiger charge is 2.59. The minimum absolute atomic E-state index is 0.00561. The molecule has 0 spiro atoms. The number of nitrogens with one attached hydrogen (secondary N) is 3. The first-order chi connectivity index (χ1) is 28.6. The number of alkyl halides is 4. The third-order valence-corrected chi connectivity index (χ3v) is 9.72. The van der Waals surface area contributed by atoms with E-state index in [2.05, 4.69) is 38.8 Å². The number of carbonyl (C=O) groups is 2. The van der Waals surface area contributed by atoms with Gasteiger partial charge >= 0.3 is 34.0 Å². The van der Waals surface area contributed by atoms with E-state index < -0.39 is 48.7 Å². The van der Waals surface area contributed by atoms with Crippen molar-refractivity contribution in [2.75, 3.05) is 25.0 Å². The average Bonchev–Trinajstić information content (AvgIpc) is 3.17. The predicted octanol–water partition coefficient (Wildman–Crippen LogP) is 11.1. The maximum atomic E-state index is 13.4. The first kappa shape index (κ1) is 52.7. The average molecular weight is 1000 g/mol. The van der Waals surface area contributed by atoms with E-state index in [0.29, 0.717) is 38.5 Å². The van der Waals surface area contributed by atoms with Crippen LogP contribution in [0.1, 0.15) is 0 Å². The zero-order valence-corrected chi connectivity index (χ0v) is 36.3. The number of isocyanates is 1. The minimum Gasteiger partial charge on any atom is -0.456 e. The Morgan fingerprint density at radius 2 is 1.32 bits per heavy atom. The Labute approximate surface area is 369 Å². The number of hydrogen-bond donors (Lipinski definition) is 3. The number of hydrogen-bond acceptors (Lipinski definition) is 9. The predicted molar refractivity (Wildman–Crippen MR) is 225 cm³/mol. The van der Waals surface area contributed by atoms with Crippen LogP contribution in [0.4, 0.5) is 44.0 Å². The number of aromatic nitrogens is 3. The number of amides is 3. The van der Waals surface area contributed by atoms with Gasteiger partial charge in [-0.05, 0) is 108 Å². The summed E-state index contributed by atoms with van der Waals surface area (Å²) in [5, 5.41) is 4.09. The molecule has 62 heavy (non-hydrogen) atoms. The summed E-state index contributed by atoms with van der Waals surface area (Å²) in [6, 6.07) is 16.4. The molecule has 27 heteroatoms. The van der Waals surface area contributed by atoms with Crippen molar-refractivity contribution < 1.29 is 52.6 Å². The van der Waals surface area contributed by atoms with Gasteiger partial charge in [0.25, 0.3) is 0 Å². The second kappa shape index (κ2) is 21.1. The quantitative estimate of drug-likeness (QED) is 0.0259. The van der Waals surface area contributed by atoms with E-state index >= 15 is 0 Å². The molecule has 0 unspecified atom stereocenters. The van der Waals surface area contributed by atoms with Gasteiger partial charge < -0.3 is 20.1 Å². The molecule has 0 aliphatic carbocycles. The smallest absolute Gasteiger partial charge is 0.446 e. The SMILES string of the molecule is CCl.CNC(=O)Nc1ccc(Oc2ccc(SC(F)(F)F)cc2)c(Cl)c1.Cn1c(=O)[nH]c(=O)n(-c2ccc(Oc3ccc(S(C)(F)(F)(F)F)cc3)c(Cl)c2)c1=O.O=C=NC(=O)Cl. The van der Waals surface area contributed by atoms with Crippen LogP contribution < -0.4 is 37.2 Å². The minimum atomic E-state index is -8.30. The Kier molecular flexibility index (Phi) is 17.9.